The Labute approximate surface area is 197 Å². The molecular weight excluding hydrogens is 396 g/mol. The number of rotatable bonds is 11. The summed E-state index contributed by atoms with van der Waals surface area (Å²) in [6, 6.07) is 0. The number of ether oxygens (including phenoxy) is 2. The predicted octanol–water partition coefficient (Wildman–Crippen LogP) is 6.91. The zero-order valence-electron chi connectivity index (χ0n) is 21.4. The monoisotopic (exact) mass is 444 g/mol. The molecule has 7 atom stereocenters. The molecule has 0 unspecified atom stereocenters. The Morgan fingerprint density at radius 2 is 2.12 bits per heavy atom. The summed E-state index contributed by atoms with van der Waals surface area (Å²) in [5.74, 6) is 3.47. The molecule has 0 heterocycles. The van der Waals surface area contributed by atoms with Crippen molar-refractivity contribution < 1.29 is 14.6 Å². The number of aliphatic hydroxyl groups excluding tert-OH is 1. The van der Waals surface area contributed by atoms with E-state index in [9.17, 15) is 5.11 Å². The van der Waals surface area contributed by atoms with Gasteiger partial charge in [0.25, 0.3) is 0 Å². The topological polar surface area (TPSA) is 38.7 Å². The van der Waals surface area contributed by atoms with Crippen molar-refractivity contribution in [3.8, 4) is 0 Å². The zero-order chi connectivity index (χ0) is 23.0. The second-order valence-electron chi connectivity index (χ2n) is 12.5. The molecule has 182 valence electrons. The number of hydrogen-bond donors (Lipinski definition) is 1. The summed E-state index contributed by atoms with van der Waals surface area (Å²) >= 11 is 0. The molecule has 32 heavy (non-hydrogen) atoms. The highest BCUT2D eigenvalue weighted by Gasteiger charge is 2.58. The zero-order valence-corrected chi connectivity index (χ0v) is 21.4. The number of hydrogen-bond acceptors (Lipinski definition) is 3. The van der Waals surface area contributed by atoms with E-state index < -0.39 is 0 Å². The summed E-state index contributed by atoms with van der Waals surface area (Å²) in [5.41, 5.74) is 2.34. The second kappa shape index (κ2) is 9.55. The van der Waals surface area contributed by atoms with E-state index in [1.807, 2.05) is 0 Å². The van der Waals surface area contributed by atoms with E-state index in [1.165, 1.54) is 57.8 Å². The minimum atomic E-state index is -0.104. The minimum Gasteiger partial charge on any atom is -0.396 e. The van der Waals surface area contributed by atoms with Crippen molar-refractivity contribution in [3.63, 3.8) is 0 Å². The number of allylic oxidation sites excluding steroid dienone is 3. The molecule has 0 amide bonds. The van der Waals surface area contributed by atoms with E-state index in [-0.39, 0.29) is 5.60 Å². The first-order valence-corrected chi connectivity index (χ1v) is 13.4. The predicted molar refractivity (Wildman–Crippen MR) is 131 cm³/mol. The molecule has 0 saturated heterocycles. The molecule has 3 saturated carbocycles. The van der Waals surface area contributed by atoms with Crippen LogP contribution in [0.1, 0.15) is 91.9 Å². The van der Waals surface area contributed by atoms with Gasteiger partial charge in [-0.1, -0.05) is 50.5 Å². The van der Waals surface area contributed by atoms with Crippen LogP contribution in [0.2, 0.25) is 0 Å². The van der Waals surface area contributed by atoms with E-state index >= 15 is 0 Å². The molecule has 0 aromatic rings. The fourth-order valence-electron chi connectivity index (χ4n) is 8.10. The van der Waals surface area contributed by atoms with Crippen LogP contribution < -0.4 is 0 Å². The third kappa shape index (κ3) is 4.64. The fourth-order valence-corrected chi connectivity index (χ4v) is 8.10. The van der Waals surface area contributed by atoms with E-state index in [2.05, 4.69) is 45.9 Å². The molecule has 3 fully saturated rings. The summed E-state index contributed by atoms with van der Waals surface area (Å²) in [7, 11) is 1.69. The largest absolute Gasteiger partial charge is 0.396 e. The molecule has 0 radical (unpaired) electrons. The highest BCUT2D eigenvalue weighted by atomic mass is 16.7. The molecule has 3 nitrogen and oxygen atoms in total. The summed E-state index contributed by atoms with van der Waals surface area (Å²) in [5, 5.41) is 10.3. The average molecular weight is 445 g/mol. The Morgan fingerprint density at radius 1 is 1.31 bits per heavy atom. The van der Waals surface area contributed by atoms with Gasteiger partial charge in [0.1, 0.15) is 6.79 Å². The average Bonchev–Trinajstić information content (AvgIpc) is 3.12. The van der Waals surface area contributed by atoms with Gasteiger partial charge >= 0.3 is 0 Å². The number of methoxy groups -OCH3 is 1. The van der Waals surface area contributed by atoms with Crippen LogP contribution in [0.5, 0.6) is 0 Å². The SMILES string of the molecule is COCOC(C)(C)CCC[C@@H](C)[C@H]1CC[C@H]2C(=C[C@@H](CO)[C@@]34C=CC[C@@H]3C4)CCC[C@]12C. The van der Waals surface area contributed by atoms with Gasteiger partial charge in [-0.05, 0) is 94.3 Å². The van der Waals surface area contributed by atoms with Crippen molar-refractivity contribution in [2.75, 3.05) is 20.5 Å². The first-order chi connectivity index (χ1) is 15.3. The normalized spacial score (nSPS) is 39.2. The Hall–Kier alpha value is -0.640. The van der Waals surface area contributed by atoms with Gasteiger partial charge < -0.3 is 14.6 Å². The maximum absolute atomic E-state index is 10.3. The van der Waals surface area contributed by atoms with Crippen molar-refractivity contribution in [1.82, 2.24) is 0 Å². The van der Waals surface area contributed by atoms with Crippen LogP contribution in [0.4, 0.5) is 0 Å². The molecule has 1 N–H and O–H groups in total. The highest BCUT2D eigenvalue weighted by molar-refractivity contribution is 5.29. The van der Waals surface area contributed by atoms with Gasteiger partial charge in [-0.25, -0.2) is 0 Å². The van der Waals surface area contributed by atoms with Gasteiger partial charge in [0, 0.05) is 18.4 Å². The van der Waals surface area contributed by atoms with Crippen LogP contribution in [0, 0.1) is 40.4 Å². The Morgan fingerprint density at radius 3 is 2.78 bits per heavy atom. The van der Waals surface area contributed by atoms with Crippen molar-refractivity contribution >= 4 is 0 Å². The maximum Gasteiger partial charge on any atom is 0.147 e. The smallest absolute Gasteiger partial charge is 0.147 e. The van der Waals surface area contributed by atoms with Crippen molar-refractivity contribution in [2.24, 2.45) is 40.4 Å². The van der Waals surface area contributed by atoms with Crippen LogP contribution in [-0.4, -0.2) is 31.2 Å². The summed E-state index contributed by atoms with van der Waals surface area (Å²) < 4.78 is 11.0. The third-order valence-electron chi connectivity index (χ3n) is 10.1. The minimum absolute atomic E-state index is 0.104. The Bertz CT molecular complexity index is 709. The molecule has 0 aromatic carbocycles. The van der Waals surface area contributed by atoms with Crippen LogP contribution in [0.15, 0.2) is 23.8 Å². The van der Waals surface area contributed by atoms with E-state index in [0.29, 0.717) is 30.1 Å². The van der Waals surface area contributed by atoms with Crippen molar-refractivity contribution in [1.29, 1.82) is 0 Å². The molecule has 4 aliphatic carbocycles. The van der Waals surface area contributed by atoms with Crippen LogP contribution in [0.25, 0.3) is 0 Å². The molecule has 4 aliphatic rings. The number of fused-ring (bicyclic) bond motifs is 2. The molecule has 0 aromatic heterocycles. The van der Waals surface area contributed by atoms with Gasteiger partial charge in [0.05, 0.1) is 12.2 Å². The lowest BCUT2D eigenvalue weighted by Crippen LogP contribution is -2.36. The van der Waals surface area contributed by atoms with Crippen LogP contribution in [-0.2, 0) is 9.47 Å². The first kappa shape index (κ1) is 24.5. The molecule has 4 rings (SSSR count). The standard InChI is InChI=1S/C29H48O3/c1-21(9-6-14-27(2,3)32-20-31-5)25-12-13-26-22(10-7-15-28(25,26)4)17-24(19-30)29-16-8-11-23(29)18-29/h8,16-17,21,23-26,30H,6-7,9-15,18-20H2,1-5H3/t21-,23-,24+,25-,26+,28-,29-/m1/s1. The summed E-state index contributed by atoms with van der Waals surface area (Å²) in [4.78, 5) is 0. The second-order valence-corrected chi connectivity index (χ2v) is 12.5. The van der Waals surface area contributed by atoms with Gasteiger partial charge in [0.2, 0.25) is 0 Å². The van der Waals surface area contributed by atoms with Gasteiger partial charge in [0.15, 0.2) is 0 Å². The van der Waals surface area contributed by atoms with E-state index in [1.54, 1.807) is 12.7 Å². The first-order valence-electron chi connectivity index (χ1n) is 13.4. The summed E-state index contributed by atoms with van der Waals surface area (Å²) in [6.45, 7) is 10.2. The maximum atomic E-state index is 10.3. The van der Waals surface area contributed by atoms with Crippen LogP contribution in [0.3, 0.4) is 0 Å². The molecule has 3 heteroatoms. The lowest BCUT2D eigenvalue weighted by atomic mass is 9.60. The van der Waals surface area contributed by atoms with Crippen molar-refractivity contribution in [2.45, 2.75) is 97.5 Å². The lowest BCUT2D eigenvalue weighted by Gasteiger charge is -2.45. The van der Waals surface area contributed by atoms with E-state index in [0.717, 1.165) is 30.1 Å². The quantitative estimate of drug-likeness (QED) is 0.278. The molecule has 0 spiro atoms. The third-order valence-corrected chi connectivity index (χ3v) is 10.1. The Balaban J connectivity index is 1.38. The van der Waals surface area contributed by atoms with Crippen molar-refractivity contribution in [3.05, 3.63) is 23.8 Å². The number of aliphatic hydroxyl groups is 1. The summed E-state index contributed by atoms with van der Waals surface area (Å²) in [6.07, 6.45) is 20.2. The molecular formula is C29H48O3. The van der Waals surface area contributed by atoms with Gasteiger partial charge in [-0.3, -0.25) is 0 Å². The lowest BCUT2D eigenvalue weighted by molar-refractivity contribution is -0.118. The Kier molecular flexibility index (Phi) is 7.30. The van der Waals surface area contributed by atoms with E-state index in [4.69, 9.17) is 9.47 Å². The molecule has 0 bridgehead atoms. The fraction of sp³-hybridized carbons (Fsp3) is 0.862. The van der Waals surface area contributed by atoms with Gasteiger partial charge in [-0.2, -0.15) is 0 Å². The highest BCUT2D eigenvalue weighted by Crippen LogP contribution is 2.66. The molecule has 0 aliphatic heterocycles. The van der Waals surface area contributed by atoms with Gasteiger partial charge in [-0.15, -0.1) is 0 Å². The van der Waals surface area contributed by atoms with Crippen LogP contribution >= 0.6 is 0 Å².